The number of nitrogens with zero attached hydrogens (tertiary/aromatic N) is 1. The summed E-state index contributed by atoms with van der Waals surface area (Å²) in [7, 11) is -1.53. The second-order valence-electron chi connectivity index (χ2n) is 8.30. The predicted octanol–water partition coefficient (Wildman–Crippen LogP) is 4.26. The van der Waals surface area contributed by atoms with Crippen molar-refractivity contribution in [3.8, 4) is 0 Å². The molecule has 5 heteroatoms. The lowest BCUT2D eigenvalue weighted by atomic mass is 9.80. The van der Waals surface area contributed by atoms with Crippen LogP contribution in [0.4, 0.5) is 5.69 Å². The summed E-state index contributed by atoms with van der Waals surface area (Å²) in [6.07, 6.45) is 6.49. The van der Waals surface area contributed by atoms with E-state index < -0.39 is 7.12 Å². The van der Waals surface area contributed by atoms with Crippen molar-refractivity contribution in [1.82, 2.24) is 0 Å². The maximum absolute atomic E-state index is 13.3. The maximum atomic E-state index is 13.3. The fourth-order valence-electron chi connectivity index (χ4n) is 4.36. The molecule has 0 bridgehead atoms. The number of amides is 1. The molecule has 4 rings (SSSR count). The van der Waals surface area contributed by atoms with Crippen LogP contribution < -0.4 is 10.4 Å². The van der Waals surface area contributed by atoms with Crippen molar-refractivity contribution >= 4 is 24.2 Å². The summed E-state index contributed by atoms with van der Waals surface area (Å²) in [6.45, 7) is 0.444. The third kappa shape index (κ3) is 5.24. The van der Waals surface area contributed by atoms with Gasteiger partial charge in [0.2, 0.25) is 0 Å². The number of hydrogen-bond acceptors (Lipinski definition) is 3. The average molecular weight is 413 g/mol. The Morgan fingerprint density at radius 3 is 2.10 bits per heavy atom. The Balaban J connectivity index is 1.58. The maximum Gasteiger partial charge on any atom is 0.488 e. The zero-order chi connectivity index (χ0) is 21.6. The van der Waals surface area contributed by atoms with E-state index in [2.05, 4.69) is 24.3 Å². The Kier molecular flexibility index (Phi) is 6.85. The van der Waals surface area contributed by atoms with Crippen LogP contribution in [0.15, 0.2) is 78.9 Å². The molecular formula is C26H28BNO3. The van der Waals surface area contributed by atoms with Crippen molar-refractivity contribution in [3.63, 3.8) is 0 Å². The highest BCUT2D eigenvalue weighted by Gasteiger charge is 2.20. The summed E-state index contributed by atoms with van der Waals surface area (Å²) in [6, 6.07) is 24.7. The van der Waals surface area contributed by atoms with E-state index in [1.807, 2.05) is 30.3 Å². The van der Waals surface area contributed by atoms with Gasteiger partial charge in [-0.1, -0.05) is 73.9 Å². The Morgan fingerprint density at radius 2 is 1.48 bits per heavy atom. The standard InChI is InChI=1S/C26H28BNO3/c29-26(23-9-5-2-6-10-23)28(25-17-15-24(16-18-25)27(30)31)19-20-11-13-22(14-12-20)21-7-3-1-4-8-21/h2,5-6,9-18,21,30-31H,1,3-4,7-8,19H2. The molecular weight excluding hydrogens is 385 g/mol. The highest BCUT2D eigenvalue weighted by atomic mass is 16.4. The fourth-order valence-corrected chi connectivity index (χ4v) is 4.36. The van der Waals surface area contributed by atoms with Crippen LogP contribution in [-0.4, -0.2) is 23.1 Å². The molecule has 0 spiro atoms. The second kappa shape index (κ2) is 9.95. The molecule has 0 aliphatic heterocycles. The molecule has 31 heavy (non-hydrogen) atoms. The van der Waals surface area contributed by atoms with E-state index >= 15 is 0 Å². The molecule has 0 heterocycles. The first-order valence-corrected chi connectivity index (χ1v) is 11.0. The number of anilines is 1. The van der Waals surface area contributed by atoms with Crippen molar-refractivity contribution in [3.05, 3.63) is 95.6 Å². The Bertz CT molecular complexity index is 981. The molecule has 1 aliphatic carbocycles. The third-order valence-electron chi connectivity index (χ3n) is 6.17. The summed E-state index contributed by atoms with van der Waals surface area (Å²) < 4.78 is 0. The molecule has 3 aromatic carbocycles. The Hall–Kier alpha value is -2.89. The average Bonchev–Trinajstić information content (AvgIpc) is 2.84. The molecule has 158 valence electrons. The van der Waals surface area contributed by atoms with Crippen LogP contribution in [0, 0.1) is 0 Å². The molecule has 2 N–H and O–H groups in total. The number of hydrogen-bond donors (Lipinski definition) is 2. The van der Waals surface area contributed by atoms with Gasteiger partial charge < -0.3 is 14.9 Å². The van der Waals surface area contributed by atoms with Gasteiger partial charge in [0, 0.05) is 11.3 Å². The first-order chi connectivity index (χ1) is 15.1. The molecule has 0 radical (unpaired) electrons. The highest BCUT2D eigenvalue weighted by molar-refractivity contribution is 6.58. The minimum atomic E-state index is -1.53. The zero-order valence-corrected chi connectivity index (χ0v) is 17.7. The van der Waals surface area contributed by atoms with Crippen molar-refractivity contribution in [2.24, 2.45) is 0 Å². The van der Waals surface area contributed by atoms with Gasteiger partial charge in [0.25, 0.3) is 5.91 Å². The first-order valence-electron chi connectivity index (χ1n) is 11.0. The van der Waals surface area contributed by atoms with Crippen LogP contribution in [-0.2, 0) is 6.54 Å². The molecule has 3 aromatic rings. The van der Waals surface area contributed by atoms with E-state index in [1.54, 1.807) is 29.2 Å². The molecule has 0 unspecified atom stereocenters. The van der Waals surface area contributed by atoms with Gasteiger partial charge in [-0.15, -0.1) is 0 Å². The van der Waals surface area contributed by atoms with Gasteiger partial charge in [0.15, 0.2) is 0 Å². The van der Waals surface area contributed by atoms with Gasteiger partial charge in [0.1, 0.15) is 0 Å². The lowest BCUT2D eigenvalue weighted by Crippen LogP contribution is -2.32. The van der Waals surface area contributed by atoms with Crippen molar-refractivity contribution in [2.75, 3.05) is 4.90 Å². The van der Waals surface area contributed by atoms with Crippen molar-refractivity contribution in [1.29, 1.82) is 0 Å². The van der Waals surface area contributed by atoms with E-state index in [0.717, 1.165) is 11.3 Å². The van der Waals surface area contributed by atoms with Crippen LogP contribution in [0.2, 0.25) is 0 Å². The summed E-state index contributed by atoms with van der Waals surface area (Å²) in [5.41, 5.74) is 4.19. The van der Waals surface area contributed by atoms with Crippen LogP contribution in [0.5, 0.6) is 0 Å². The van der Waals surface area contributed by atoms with E-state index in [9.17, 15) is 14.8 Å². The molecule has 0 saturated heterocycles. The largest absolute Gasteiger partial charge is 0.488 e. The lowest BCUT2D eigenvalue weighted by molar-refractivity contribution is 0.0985. The van der Waals surface area contributed by atoms with Gasteiger partial charge >= 0.3 is 7.12 Å². The van der Waals surface area contributed by atoms with E-state index in [-0.39, 0.29) is 5.91 Å². The highest BCUT2D eigenvalue weighted by Crippen LogP contribution is 2.32. The third-order valence-corrected chi connectivity index (χ3v) is 6.17. The normalized spacial score (nSPS) is 14.3. The number of carbonyl (C=O) groups excluding carboxylic acids is 1. The molecule has 0 atom stereocenters. The molecule has 1 aliphatic rings. The smallest absolute Gasteiger partial charge is 0.423 e. The minimum absolute atomic E-state index is 0.0887. The van der Waals surface area contributed by atoms with Crippen LogP contribution >= 0.6 is 0 Å². The fraction of sp³-hybridized carbons (Fsp3) is 0.269. The van der Waals surface area contributed by atoms with E-state index in [0.29, 0.717) is 23.5 Å². The molecule has 0 aromatic heterocycles. The topological polar surface area (TPSA) is 60.8 Å². The van der Waals surface area contributed by atoms with Crippen molar-refractivity contribution < 1.29 is 14.8 Å². The summed E-state index contributed by atoms with van der Waals surface area (Å²) >= 11 is 0. The van der Waals surface area contributed by atoms with Crippen LogP contribution in [0.3, 0.4) is 0 Å². The van der Waals surface area contributed by atoms with Gasteiger partial charge in [-0.2, -0.15) is 0 Å². The monoisotopic (exact) mass is 413 g/mol. The molecule has 1 saturated carbocycles. The zero-order valence-electron chi connectivity index (χ0n) is 17.7. The van der Waals surface area contributed by atoms with Gasteiger partial charge in [-0.3, -0.25) is 4.79 Å². The molecule has 1 fully saturated rings. The summed E-state index contributed by atoms with van der Waals surface area (Å²) in [5.74, 6) is 0.566. The van der Waals surface area contributed by atoms with Crippen molar-refractivity contribution in [2.45, 2.75) is 44.6 Å². The van der Waals surface area contributed by atoms with E-state index in [1.165, 1.54) is 37.7 Å². The van der Waals surface area contributed by atoms with Crippen LogP contribution in [0.25, 0.3) is 0 Å². The van der Waals surface area contributed by atoms with Gasteiger partial charge in [-0.25, -0.2) is 0 Å². The quantitative estimate of drug-likeness (QED) is 0.594. The van der Waals surface area contributed by atoms with Gasteiger partial charge in [0.05, 0.1) is 6.54 Å². The number of rotatable bonds is 6. The molecule has 4 nitrogen and oxygen atoms in total. The van der Waals surface area contributed by atoms with Gasteiger partial charge in [-0.05, 0) is 59.6 Å². The Labute approximate surface area is 184 Å². The Morgan fingerprint density at radius 1 is 0.839 bits per heavy atom. The summed E-state index contributed by atoms with van der Waals surface area (Å²) in [4.78, 5) is 15.0. The SMILES string of the molecule is O=C(c1ccccc1)N(Cc1ccc(C2CCCCC2)cc1)c1ccc(B(O)O)cc1. The number of benzene rings is 3. The lowest BCUT2D eigenvalue weighted by Gasteiger charge is -2.25. The second-order valence-corrected chi connectivity index (χ2v) is 8.30. The predicted molar refractivity (Wildman–Crippen MR) is 125 cm³/mol. The minimum Gasteiger partial charge on any atom is -0.423 e. The summed E-state index contributed by atoms with van der Waals surface area (Å²) in [5, 5.41) is 18.8. The van der Waals surface area contributed by atoms with Crippen LogP contribution in [0.1, 0.15) is 59.5 Å². The molecule has 1 amide bonds. The van der Waals surface area contributed by atoms with E-state index in [4.69, 9.17) is 0 Å². The number of carbonyl (C=O) groups is 1. The first kappa shape index (κ1) is 21.4.